The van der Waals surface area contributed by atoms with Gasteiger partial charge in [-0.05, 0) is 36.4 Å². The van der Waals surface area contributed by atoms with Gasteiger partial charge in [0.2, 0.25) is 0 Å². The van der Waals surface area contributed by atoms with Crippen molar-refractivity contribution in [2.75, 3.05) is 0 Å². The number of hydrogen-bond donors (Lipinski definition) is 0. The van der Waals surface area contributed by atoms with E-state index in [9.17, 15) is 18.0 Å². The van der Waals surface area contributed by atoms with Crippen LogP contribution >= 0.6 is 34.8 Å². The Bertz CT molecular complexity index is 689. The first-order valence-electron chi connectivity index (χ1n) is 5.72. The first-order chi connectivity index (χ1) is 10.2. The summed E-state index contributed by atoms with van der Waals surface area (Å²) in [6, 6.07) is 6.21. The van der Waals surface area contributed by atoms with E-state index in [-0.39, 0.29) is 26.4 Å². The average Bonchev–Trinajstić information content (AvgIpc) is 2.41. The van der Waals surface area contributed by atoms with Gasteiger partial charge in [0.15, 0.2) is 5.75 Å². The van der Waals surface area contributed by atoms with E-state index in [4.69, 9.17) is 39.5 Å². The third-order valence-electron chi connectivity index (χ3n) is 2.61. The summed E-state index contributed by atoms with van der Waals surface area (Å²) in [6.45, 7) is 0. The molecule has 0 bridgehead atoms. The molecule has 0 aliphatic carbocycles. The second kappa shape index (κ2) is 6.36. The molecule has 2 rings (SSSR count). The Morgan fingerprint density at radius 2 is 1.45 bits per heavy atom. The number of benzene rings is 2. The predicted molar refractivity (Wildman–Crippen MR) is 77.9 cm³/mol. The molecular weight excluding hydrogens is 364 g/mol. The first-order valence-corrected chi connectivity index (χ1v) is 6.86. The third-order valence-corrected chi connectivity index (χ3v) is 3.39. The van der Waals surface area contributed by atoms with Crippen molar-refractivity contribution in [1.82, 2.24) is 0 Å². The van der Waals surface area contributed by atoms with Crippen molar-refractivity contribution in [1.29, 1.82) is 0 Å². The summed E-state index contributed by atoms with van der Waals surface area (Å²) in [5.41, 5.74) is -0.943. The molecule has 0 saturated heterocycles. The Labute approximate surface area is 138 Å². The number of alkyl halides is 3. The molecule has 8 heteroatoms. The number of hydrogen-bond acceptors (Lipinski definition) is 2. The van der Waals surface area contributed by atoms with Crippen molar-refractivity contribution in [2.45, 2.75) is 6.18 Å². The molecule has 0 amide bonds. The van der Waals surface area contributed by atoms with Crippen LogP contribution in [0.4, 0.5) is 13.2 Å². The summed E-state index contributed by atoms with van der Waals surface area (Å²) >= 11 is 17.4. The van der Waals surface area contributed by atoms with Crippen LogP contribution in [-0.2, 0) is 6.18 Å². The second-order valence-electron chi connectivity index (χ2n) is 4.16. The maximum Gasteiger partial charge on any atom is 0.416 e. The van der Waals surface area contributed by atoms with E-state index >= 15 is 0 Å². The average molecular weight is 370 g/mol. The largest absolute Gasteiger partial charge is 0.420 e. The molecule has 0 aliphatic rings. The van der Waals surface area contributed by atoms with Crippen molar-refractivity contribution < 1.29 is 22.7 Å². The van der Waals surface area contributed by atoms with E-state index < -0.39 is 17.7 Å². The maximum absolute atomic E-state index is 12.4. The summed E-state index contributed by atoms with van der Waals surface area (Å²) in [4.78, 5) is 11.9. The van der Waals surface area contributed by atoms with Gasteiger partial charge in [0, 0.05) is 5.02 Å². The molecule has 2 aromatic carbocycles. The minimum Gasteiger partial charge on any atom is -0.420 e. The molecule has 0 aliphatic heterocycles. The van der Waals surface area contributed by atoms with Gasteiger partial charge < -0.3 is 4.74 Å². The van der Waals surface area contributed by atoms with Gasteiger partial charge in [0.05, 0.1) is 21.2 Å². The molecule has 2 aromatic rings. The van der Waals surface area contributed by atoms with Crippen molar-refractivity contribution >= 4 is 40.8 Å². The fourth-order valence-electron chi connectivity index (χ4n) is 1.57. The van der Waals surface area contributed by atoms with Gasteiger partial charge in [-0.2, -0.15) is 13.2 Å². The first kappa shape index (κ1) is 16.9. The topological polar surface area (TPSA) is 26.3 Å². The molecule has 0 heterocycles. The summed E-state index contributed by atoms with van der Waals surface area (Å²) in [6.07, 6.45) is -4.48. The zero-order valence-electron chi connectivity index (χ0n) is 10.5. The number of rotatable bonds is 2. The fourth-order valence-corrected chi connectivity index (χ4v) is 2.47. The lowest BCUT2D eigenvalue weighted by molar-refractivity contribution is -0.137. The predicted octanol–water partition coefficient (Wildman–Crippen LogP) is 5.88. The number of carbonyl (C=O) groups is 1. The van der Waals surface area contributed by atoms with E-state index in [1.807, 2.05) is 0 Å². The van der Waals surface area contributed by atoms with Gasteiger partial charge in [-0.1, -0.05) is 34.8 Å². The monoisotopic (exact) mass is 368 g/mol. The van der Waals surface area contributed by atoms with Crippen molar-refractivity contribution in [3.8, 4) is 5.75 Å². The molecule has 0 radical (unpaired) electrons. The molecule has 0 aromatic heterocycles. The molecule has 116 valence electrons. The highest BCUT2D eigenvalue weighted by Gasteiger charge is 2.30. The minimum atomic E-state index is -4.48. The van der Waals surface area contributed by atoms with Crippen LogP contribution in [0.3, 0.4) is 0 Å². The Balaban J connectivity index is 2.23. The van der Waals surface area contributed by atoms with Gasteiger partial charge in [0.25, 0.3) is 0 Å². The Hall–Kier alpha value is -1.43. The molecule has 0 saturated carbocycles. The van der Waals surface area contributed by atoms with Crippen LogP contribution in [0, 0.1) is 0 Å². The van der Waals surface area contributed by atoms with Crippen LogP contribution in [0.25, 0.3) is 0 Å². The van der Waals surface area contributed by atoms with Gasteiger partial charge in [0.1, 0.15) is 0 Å². The minimum absolute atomic E-state index is 0.0118. The van der Waals surface area contributed by atoms with E-state index in [1.54, 1.807) is 0 Å². The van der Waals surface area contributed by atoms with Crippen molar-refractivity contribution in [2.24, 2.45) is 0 Å². The maximum atomic E-state index is 12.4. The molecular formula is C14H6Cl3F3O2. The summed E-state index contributed by atoms with van der Waals surface area (Å²) in [5, 5.41) is 0.278. The number of esters is 1. The molecule has 0 unspecified atom stereocenters. The van der Waals surface area contributed by atoms with Crippen LogP contribution < -0.4 is 4.74 Å². The van der Waals surface area contributed by atoms with E-state index in [1.165, 1.54) is 12.1 Å². The highest BCUT2D eigenvalue weighted by atomic mass is 35.5. The van der Waals surface area contributed by atoms with Gasteiger partial charge >= 0.3 is 12.1 Å². The summed E-state index contributed by atoms with van der Waals surface area (Å²) in [7, 11) is 0. The van der Waals surface area contributed by atoms with Crippen LogP contribution in [0.1, 0.15) is 15.9 Å². The highest BCUT2D eigenvalue weighted by molar-refractivity contribution is 6.40. The van der Waals surface area contributed by atoms with Crippen molar-refractivity contribution in [3.63, 3.8) is 0 Å². The Morgan fingerprint density at radius 3 is 1.91 bits per heavy atom. The highest BCUT2D eigenvalue weighted by Crippen LogP contribution is 2.36. The molecule has 2 nitrogen and oxygen atoms in total. The lowest BCUT2D eigenvalue weighted by atomic mass is 10.1. The lowest BCUT2D eigenvalue weighted by Gasteiger charge is -2.10. The number of carbonyl (C=O) groups excluding carboxylic acids is 1. The lowest BCUT2D eigenvalue weighted by Crippen LogP contribution is -2.10. The zero-order chi connectivity index (χ0) is 16.5. The summed E-state index contributed by atoms with van der Waals surface area (Å²) in [5.74, 6) is -1.00. The number of halogens is 6. The van der Waals surface area contributed by atoms with E-state index in [2.05, 4.69) is 0 Å². The molecule has 0 atom stereocenters. The third kappa shape index (κ3) is 3.85. The normalized spacial score (nSPS) is 11.4. The van der Waals surface area contributed by atoms with Gasteiger partial charge in [-0.25, -0.2) is 4.79 Å². The zero-order valence-corrected chi connectivity index (χ0v) is 12.8. The number of ether oxygens (including phenoxy) is 1. The van der Waals surface area contributed by atoms with Crippen LogP contribution in [0.2, 0.25) is 15.1 Å². The molecule has 22 heavy (non-hydrogen) atoms. The van der Waals surface area contributed by atoms with Crippen molar-refractivity contribution in [3.05, 3.63) is 62.6 Å². The smallest absolute Gasteiger partial charge is 0.416 e. The van der Waals surface area contributed by atoms with Crippen LogP contribution in [0.5, 0.6) is 5.75 Å². The van der Waals surface area contributed by atoms with Gasteiger partial charge in [-0.15, -0.1) is 0 Å². The van der Waals surface area contributed by atoms with Crippen LogP contribution in [-0.4, -0.2) is 5.97 Å². The van der Waals surface area contributed by atoms with E-state index in [0.29, 0.717) is 0 Å². The SMILES string of the molecule is O=C(Oc1c(Cl)cc(Cl)cc1Cl)c1ccc(C(F)(F)F)cc1. The molecule has 0 spiro atoms. The Morgan fingerprint density at radius 1 is 0.955 bits per heavy atom. The summed E-state index contributed by atoms with van der Waals surface area (Å²) < 4.78 is 42.3. The molecule has 0 fully saturated rings. The standard InChI is InChI=1S/C14H6Cl3F3O2/c15-9-5-10(16)12(11(17)6-9)22-13(21)7-1-3-8(4-2-7)14(18,19)20/h1-6H. The Kier molecular flexibility index (Phi) is 4.90. The second-order valence-corrected chi connectivity index (χ2v) is 5.41. The van der Waals surface area contributed by atoms with Gasteiger partial charge in [-0.3, -0.25) is 0 Å². The van der Waals surface area contributed by atoms with E-state index in [0.717, 1.165) is 24.3 Å². The molecule has 0 N–H and O–H groups in total. The van der Waals surface area contributed by atoms with Crippen LogP contribution in [0.15, 0.2) is 36.4 Å². The fraction of sp³-hybridized carbons (Fsp3) is 0.0714. The quantitative estimate of drug-likeness (QED) is 0.488.